The number of ether oxygens (including phenoxy) is 2. The molecule has 2 aromatic carbocycles. The van der Waals surface area contributed by atoms with Crippen molar-refractivity contribution in [1.82, 2.24) is 0 Å². The fraction of sp³-hybridized carbons (Fsp3) is 0.500. The summed E-state index contributed by atoms with van der Waals surface area (Å²) in [6.07, 6.45) is 17.4. The molecular weight excluding hydrogens is 448 g/mol. The van der Waals surface area contributed by atoms with Crippen molar-refractivity contribution < 1.29 is 19.1 Å². The van der Waals surface area contributed by atoms with Gasteiger partial charge in [0.2, 0.25) is 0 Å². The van der Waals surface area contributed by atoms with E-state index in [4.69, 9.17) is 9.47 Å². The van der Waals surface area contributed by atoms with Crippen molar-refractivity contribution in [3.63, 3.8) is 0 Å². The first kappa shape index (κ1) is 26.2. The first-order chi connectivity index (χ1) is 17.7. The molecule has 0 aliphatic heterocycles. The Balaban J connectivity index is 1.50. The van der Waals surface area contributed by atoms with Crippen LogP contribution in [0.5, 0.6) is 0 Å². The maximum Gasteiger partial charge on any atom is 0.190 e. The molecule has 192 valence electrons. The molecule has 2 aromatic rings. The van der Waals surface area contributed by atoms with E-state index in [1.54, 1.807) is 24.3 Å². The molecule has 0 unspecified atom stereocenters. The fourth-order valence-corrected chi connectivity index (χ4v) is 5.23. The fourth-order valence-electron chi connectivity index (χ4n) is 5.23. The summed E-state index contributed by atoms with van der Waals surface area (Å²) in [5.74, 6) is 1.09. The molecule has 0 heterocycles. The molecule has 0 fully saturated rings. The monoisotopic (exact) mass is 488 g/mol. The van der Waals surface area contributed by atoms with Crippen LogP contribution in [0.1, 0.15) is 123 Å². The largest absolute Gasteiger partial charge is 0.493 e. The topological polar surface area (TPSA) is 52.6 Å². The van der Waals surface area contributed by atoms with Crippen molar-refractivity contribution in [3.8, 4) is 0 Å². The van der Waals surface area contributed by atoms with Gasteiger partial charge in [-0.15, -0.1) is 0 Å². The molecule has 2 aliphatic carbocycles. The third-order valence-corrected chi connectivity index (χ3v) is 7.26. The van der Waals surface area contributed by atoms with Crippen LogP contribution in [0.15, 0.2) is 36.4 Å². The normalized spacial score (nSPS) is 14.2. The van der Waals surface area contributed by atoms with Gasteiger partial charge in [0, 0.05) is 45.2 Å². The molecule has 0 spiro atoms. The van der Waals surface area contributed by atoms with Crippen LogP contribution in [-0.4, -0.2) is 24.8 Å². The summed E-state index contributed by atoms with van der Waals surface area (Å²) in [4.78, 5) is 26.0. The first-order valence-corrected chi connectivity index (χ1v) is 14.0. The number of rotatable bonds is 16. The first-order valence-electron chi connectivity index (χ1n) is 14.0. The number of hydrogen-bond donors (Lipinski definition) is 0. The van der Waals surface area contributed by atoms with Crippen LogP contribution in [-0.2, 0) is 9.47 Å². The minimum Gasteiger partial charge on any atom is -0.493 e. The number of ketones is 2. The van der Waals surface area contributed by atoms with Gasteiger partial charge in [-0.05, 0) is 37.1 Å². The van der Waals surface area contributed by atoms with Gasteiger partial charge in [-0.3, -0.25) is 9.59 Å². The van der Waals surface area contributed by atoms with Crippen molar-refractivity contribution in [2.75, 3.05) is 13.2 Å². The van der Waals surface area contributed by atoms with E-state index < -0.39 is 0 Å². The Kier molecular flexibility index (Phi) is 9.38. The lowest BCUT2D eigenvalue weighted by molar-refractivity contribution is 0.103. The molecule has 0 atom stereocenters. The smallest absolute Gasteiger partial charge is 0.190 e. The predicted octanol–water partition coefficient (Wildman–Crippen LogP) is 8.67. The van der Waals surface area contributed by atoms with Crippen LogP contribution in [0.25, 0.3) is 22.3 Å². The minimum absolute atomic E-state index is 0.0688. The lowest BCUT2D eigenvalue weighted by atomic mass is 9.83. The summed E-state index contributed by atoms with van der Waals surface area (Å²) in [6.45, 7) is 5.62. The maximum absolute atomic E-state index is 13.0. The summed E-state index contributed by atoms with van der Waals surface area (Å²) in [6, 6.07) is 7.59. The van der Waals surface area contributed by atoms with Gasteiger partial charge >= 0.3 is 0 Å². The molecule has 0 saturated heterocycles. The number of allylic oxidation sites excluding steroid dienone is 2. The summed E-state index contributed by atoms with van der Waals surface area (Å²) in [7, 11) is 0. The molecule has 2 aliphatic rings. The molecule has 0 bridgehead atoms. The Morgan fingerprint density at radius 2 is 0.861 bits per heavy atom. The molecule has 0 amide bonds. The van der Waals surface area contributed by atoms with Crippen molar-refractivity contribution in [1.29, 1.82) is 0 Å². The highest BCUT2D eigenvalue weighted by atomic mass is 16.5. The Bertz CT molecular complexity index is 1060. The molecule has 36 heavy (non-hydrogen) atoms. The highest BCUT2D eigenvalue weighted by Crippen LogP contribution is 2.41. The minimum atomic E-state index is -0.0688. The van der Waals surface area contributed by atoms with Gasteiger partial charge in [0.05, 0.1) is 13.2 Å². The van der Waals surface area contributed by atoms with E-state index in [1.165, 1.54) is 51.4 Å². The summed E-state index contributed by atoms with van der Waals surface area (Å²) >= 11 is 0. The molecule has 0 N–H and O–H groups in total. The van der Waals surface area contributed by atoms with Gasteiger partial charge < -0.3 is 9.47 Å². The lowest BCUT2D eigenvalue weighted by Crippen LogP contribution is -2.14. The zero-order chi connectivity index (χ0) is 25.3. The zero-order valence-electron chi connectivity index (χ0n) is 22.0. The molecule has 4 nitrogen and oxygen atoms in total. The molecule has 0 aromatic heterocycles. The average Bonchev–Trinajstić information content (AvgIpc) is 2.88. The van der Waals surface area contributed by atoms with Crippen LogP contribution >= 0.6 is 0 Å². The van der Waals surface area contributed by atoms with Crippen LogP contribution in [0.4, 0.5) is 0 Å². The van der Waals surface area contributed by atoms with Crippen LogP contribution in [0.3, 0.4) is 0 Å². The van der Waals surface area contributed by atoms with E-state index in [0.29, 0.717) is 35.9 Å². The SMILES string of the molecule is CCCCCCCCOC1=CC(=O)c2ccc3c4c(ccc1c24)C(OCCCCCCCC)=CC3=O. The van der Waals surface area contributed by atoms with Gasteiger partial charge in [-0.1, -0.05) is 78.1 Å². The molecule has 0 radical (unpaired) electrons. The molecular formula is C32H40O4. The Morgan fingerprint density at radius 3 is 1.28 bits per heavy atom. The number of benzene rings is 2. The Morgan fingerprint density at radius 1 is 0.500 bits per heavy atom. The Labute approximate surface area is 215 Å². The van der Waals surface area contributed by atoms with E-state index >= 15 is 0 Å². The standard InChI is InChI=1S/C32H40O4/c1-3-5-7-9-11-13-19-35-29-21-27(33)23-15-16-24-28(34)22-30(36-20-14-12-10-8-6-4-2)26-18-17-25(29)31(23)32(24)26/h15-18,21-22H,3-14,19-20H2,1-2H3. The van der Waals surface area contributed by atoms with Gasteiger partial charge in [0.15, 0.2) is 11.6 Å². The van der Waals surface area contributed by atoms with Gasteiger partial charge in [0.25, 0.3) is 0 Å². The third-order valence-electron chi connectivity index (χ3n) is 7.26. The van der Waals surface area contributed by atoms with E-state index in [0.717, 1.165) is 47.6 Å². The molecule has 0 saturated carbocycles. The van der Waals surface area contributed by atoms with Crippen molar-refractivity contribution in [2.24, 2.45) is 0 Å². The number of unbranched alkanes of at least 4 members (excludes halogenated alkanes) is 10. The number of hydrogen-bond acceptors (Lipinski definition) is 4. The van der Waals surface area contributed by atoms with Gasteiger partial charge in [0.1, 0.15) is 11.5 Å². The lowest BCUT2D eigenvalue weighted by Gasteiger charge is -2.24. The highest BCUT2D eigenvalue weighted by Gasteiger charge is 2.29. The van der Waals surface area contributed by atoms with Crippen molar-refractivity contribution in [2.45, 2.75) is 90.9 Å². The van der Waals surface area contributed by atoms with E-state index in [-0.39, 0.29) is 11.6 Å². The second kappa shape index (κ2) is 12.9. The summed E-state index contributed by atoms with van der Waals surface area (Å²) in [5.41, 5.74) is 3.03. The predicted molar refractivity (Wildman–Crippen MR) is 147 cm³/mol. The van der Waals surface area contributed by atoms with E-state index in [2.05, 4.69) is 13.8 Å². The summed E-state index contributed by atoms with van der Waals surface area (Å²) < 4.78 is 12.2. The van der Waals surface area contributed by atoms with Crippen LogP contribution in [0.2, 0.25) is 0 Å². The second-order valence-electron chi connectivity index (χ2n) is 10.0. The maximum atomic E-state index is 13.0. The van der Waals surface area contributed by atoms with Crippen molar-refractivity contribution in [3.05, 3.63) is 58.7 Å². The number of carbonyl (C=O) groups excluding carboxylic acids is 2. The number of carbonyl (C=O) groups is 2. The summed E-state index contributed by atoms with van der Waals surface area (Å²) in [5, 5.41) is 1.63. The molecule has 4 rings (SSSR count). The molecule has 4 heteroatoms. The van der Waals surface area contributed by atoms with Gasteiger partial charge in [-0.2, -0.15) is 0 Å². The van der Waals surface area contributed by atoms with Crippen LogP contribution in [0, 0.1) is 0 Å². The third kappa shape index (κ3) is 5.91. The van der Waals surface area contributed by atoms with E-state index in [9.17, 15) is 9.59 Å². The van der Waals surface area contributed by atoms with E-state index in [1.807, 2.05) is 12.1 Å². The van der Waals surface area contributed by atoms with Gasteiger partial charge in [-0.25, -0.2) is 0 Å². The quantitative estimate of drug-likeness (QED) is 0.222. The highest BCUT2D eigenvalue weighted by molar-refractivity contribution is 6.28. The van der Waals surface area contributed by atoms with Crippen LogP contribution < -0.4 is 0 Å². The average molecular weight is 489 g/mol. The Hall–Kier alpha value is -2.88. The van der Waals surface area contributed by atoms with Crippen molar-refractivity contribution >= 4 is 33.9 Å². The zero-order valence-corrected chi connectivity index (χ0v) is 22.0. The second-order valence-corrected chi connectivity index (χ2v) is 10.0.